The Labute approximate surface area is 83.2 Å². The van der Waals surface area contributed by atoms with E-state index in [1.807, 2.05) is 0 Å². The van der Waals surface area contributed by atoms with Crippen molar-refractivity contribution < 1.29 is 19.4 Å². The molecule has 0 bridgehead atoms. The smallest absolute Gasteiger partial charge is 0.404 e. The average Bonchev–Trinajstić information content (AvgIpc) is 2.02. The highest BCUT2D eigenvalue weighted by Crippen LogP contribution is 2.16. The summed E-state index contributed by atoms with van der Waals surface area (Å²) in [7, 11) is 1.22. The molecule has 0 rings (SSSR count). The number of nitrogens with two attached hydrogens (primary N) is 2. The molecule has 6 heteroatoms. The molecule has 0 aliphatic heterocycles. The molecule has 0 saturated carbocycles. The Kier molecular flexibility index (Phi) is 6.72. The molecular weight excluding hydrogens is 188 g/mol. The van der Waals surface area contributed by atoms with Crippen molar-refractivity contribution in [1.29, 1.82) is 0 Å². The lowest BCUT2D eigenvalue weighted by atomic mass is 9.88. The zero-order valence-corrected chi connectivity index (χ0v) is 8.90. The van der Waals surface area contributed by atoms with Crippen molar-refractivity contribution in [2.24, 2.45) is 16.9 Å². The third-order valence-corrected chi connectivity index (χ3v) is 1.40. The van der Waals surface area contributed by atoms with Gasteiger partial charge < -0.3 is 21.3 Å². The fraction of sp³-hybridized carbons (Fsp3) is 0.750. The van der Waals surface area contributed by atoms with Gasteiger partial charge in [0.2, 0.25) is 0 Å². The number of primary amides is 1. The van der Waals surface area contributed by atoms with E-state index >= 15 is 0 Å². The van der Waals surface area contributed by atoms with E-state index in [2.05, 4.69) is 10.5 Å². The monoisotopic (exact) mass is 206 g/mol. The minimum Gasteiger partial charge on any atom is -0.480 e. The number of carbonyl (C=O) groups is 2. The van der Waals surface area contributed by atoms with E-state index in [0.29, 0.717) is 0 Å². The van der Waals surface area contributed by atoms with E-state index in [4.69, 9.17) is 10.8 Å². The highest BCUT2D eigenvalue weighted by molar-refractivity contribution is 5.74. The molecule has 84 valence electrons. The maximum atomic E-state index is 10.2. The van der Waals surface area contributed by atoms with Crippen molar-refractivity contribution in [2.75, 3.05) is 7.11 Å². The number of ether oxygens (including phenoxy) is 1. The lowest BCUT2D eigenvalue weighted by Crippen LogP contribution is -2.41. The summed E-state index contributed by atoms with van der Waals surface area (Å²) in [4.78, 5) is 19.6. The summed E-state index contributed by atoms with van der Waals surface area (Å²) in [5, 5.41) is 8.39. The van der Waals surface area contributed by atoms with Crippen LogP contribution in [0, 0.1) is 5.41 Å². The third kappa shape index (κ3) is 8.79. The molecule has 5 N–H and O–H groups in total. The van der Waals surface area contributed by atoms with E-state index in [1.165, 1.54) is 7.11 Å². The SMILES string of the molecule is CC(C)(C)[C@H](N)C(=O)O.COC(N)=O. The van der Waals surface area contributed by atoms with Crippen LogP contribution >= 0.6 is 0 Å². The van der Waals surface area contributed by atoms with Crippen LogP contribution in [0.15, 0.2) is 0 Å². The Morgan fingerprint density at radius 3 is 1.64 bits per heavy atom. The zero-order chi connectivity index (χ0) is 11.9. The van der Waals surface area contributed by atoms with Crippen molar-refractivity contribution >= 4 is 12.1 Å². The topological polar surface area (TPSA) is 116 Å². The van der Waals surface area contributed by atoms with Gasteiger partial charge in [-0.1, -0.05) is 20.8 Å². The van der Waals surface area contributed by atoms with Gasteiger partial charge in [0.1, 0.15) is 6.04 Å². The van der Waals surface area contributed by atoms with Gasteiger partial charge in [-0.2, -0.15) is 0 Å². The number of carboxylic acids is 1. The number of methoxy groups -OCH3 is 1. The molecule has 0 aliphatic carbocycles. The highest BCUT2D eigenvalue weighted by Gasteiger charge is 2.26. The second-order valence-electron chi connectivity index (χ2n) is 3.71. The molecule has 1 amide bonds. The first-order valence-electron chi connectivity index (χ1n) is 3.94. The summed E-state index contributed by atoms with van der Waals surface area (Å²) in [6, 6.07) is -0.766. The fourth-order valence-electron chi connectivity index (χ4n) is 0.370. The molecular formula is C8H18N2O4. The van der Waals surface area contributed by atoms with Gasteiger partial charge >= 0.3 is 12.1 Å². The quantitative estimate of drug-likeness (QED) is 0.565. The van der Waals surface area contributed by atoms with E-state index in [-0.39, 0.29) is 5.41 Å². The number of hydrogen-bond acceptors (Lipinski definition) is 4. The maximum absolute atomic E-state index is 10.2. The molecule has 0 radical (unpaired) electrons. The Morgan fingerprint density at radius 2 is 1.64 bits per heavy atom. The number of carboxylic acid groups (broad SMARTS) is 1. The normalized spacial score (nSPS) is 12.1. The molecule has 6 nitrogen and oxygen atoms in total. The van der Waals surface area contributed by atoms with Gasteiger partial charge in [0.25, 0.3) is 0 Å². The minimum atomic E-state index is -0.942. The average molecular weight is 206 g/mol. The Bertz CT molecular complexity index is 198. The molecule has 0 saturated heterocycles. The largest absolute Gasteiger partial charge is 0.480 e. The molecule has 0 aromatic heterocycles. The lowest BCUT2D eigenvalue weighted by Gasteiger charge is -2.22. The second kappa shape index (κ2) is 6.20. The standard InChI is InChI=1S/C6H13NO2.C2H5NO2/c1-6(2,3)4(7)5(8)9;1-5-2(3)4/h4H,7H2,1-3H3,(H,8,9);1H3,(H2,3,4)/t4-;/m1./s1. The first-order chi connectivity index (χ1) is 6.12. The van der Waals surface area contributed by atoms with Crippen LogP contribution < -0.4 is 11.5 Å². The maximum Gasteiger partial charge on any atom is 0.404 e. The predicted octanol–water partition coefficient (Wildman–Crippen LogP) is 0.156. The van der Waals surface area contributed by atoms with Gasteiger partial charge in [-0.25, -0.2) is 4.79 Å². The van der Waals surface area contributed by atoms with Crippen molar-refractivity contribution in [3.8, 4) is 0 Å². The van der Waals surface area contributed by atoms with Gasteiger partial charge in [0.05, 0.1) is 7.11 Å². The number of hydrogen-bond donors (Lipinski definition) is 3. The first kappa shape index (κ1) is 15.2. The summed E-state index contributed by atoms with van der Waals surface area (Å²) in [5.41, 5.74) is 9.38. The molecule has 0 unspecified atom stereocenters. The Morgan fingerprint density at radius 1 is 1.36 bits per heavy atom. The molecule has 0 fully saturated rings. The van der Waals surface area contributed by atoms with Crippen LogP contribution in [0.1, 0.15) is 20.8 Å². The van der Waals surface area contributed by atoms with Crippen LogP contribution in [-0.2, 0) is 9.53 Å². The van der Waals surface area contributed by atoms with Gasteiger partial charge in [-0.3, -0.25) is 4.79 Å². The number of amides is 1. The second-order valence-corrected chi connectivity index (χ2v) is 3.71. The summed E-state index contributed by atoms with van der Waals surface area (Å²) in [5.74, 6) is -0.942. The van der Waals surface area contributed by atoms with E-state index in [9.17, 15) is 9.59 Å². The summed E-state index contributed by atoms with van der Waals surface area (Å²) < 4.78 is 3.89. The van der Waals surface area contributed by atoms with E-state index in [1.54, 1.807) is 20.8 Å². The predicted molar refractivity (Wildman–Crippen MR) is 51.7 cm³/mol. The van der Waals surface area contributed by atoms with Crippen LogP contribution in [0.4, 0.5) is 4.79 Å². The zero-order valence-electron chi connectivity index (χ0n) is 8.90. The highest BCUT2D eigenvalue weighted by atomic mass is 16.5. The summed E-state index contributed by atoms with van der Waals surface area (Å²) in [6.07, 6.45) is -0.745. The molecule has 0 aromatic rings. The van der Waals surface area contributed by atoms with Crippen LogP contribution in [-0.4, -0.2) is 30.3 Å². The molecule has 0 aromatic carbocycles. The van der Waals surface area contributed by atoms with Gasteiger partial charge in [-0.05, 0) is 5.41 Å². The lowest BCUT2D eigenvalue weighted by molar-refractivity contribution is -0.141. The van der Waals surface area contributed by atoms with Crippen molar-refractivity contribution in [3.05, 3.63) is 0 Å². The molecule has 0 heterocycles. The number of rotatable bonds is 1. The Hall–Kier alpha value is -1.30. The Balaban J connectivity index is 0. The van der Waals surface area contributed by atoms with Crippen LogP contribution in [0.25, 0.3) is 0 Å². The molecule has 14 heavy (non-hydrogen) atoms. The summed E-state index contributed by atoms with van der Waals surface area (Å²) in [6.45, 7) is 5.39. The van der Waals surface area contributed by atoms with Crippen LogP contribution in [0.5, 0.6) is 0 Å². The van der Waals surface area contributed by atoms with E-state index < -0.39 is 18.1 Å². The van der Waals surface area contributed by atoms with Crippen molar-refractivity contribution in [3.63, 3.8) is 0 Å². The fourth-order valence-corrected chi connectivity index (χ4v) is 0.370. The third-order valence-electron chi connectivity index (χ3n) is 1.40. The minimum absolute atomic E-state index is 0.341. The molecule has 1 atom stereocenters. The van der Waals surface area contributed by atoms with Crippen molar-refractivity contribution in [2.45, 2.75) is 26.8 Å². The number of carbonyl (C=O) groups excluding carboxylic acids is 1. The number of aliphatic carboxylic acids is 1. The van der Waals surface area contributed by atoms with Crippen LogP contribution in [0.2, 0.25) is 0 Å². The van der Waals surface area contributed by atoms with E-state index in [0.717, 1.165) is 0 Å². The molecule has 0 aliphatic rings. The first-order valence-corrected chi connectivity index (χ1v) is 3.94. The van der Waals surface area contributed by atoms with Gasteiger partial charge in [0, 0.05) is 0 Å². The van der Waals surface area contributed by atoms with Gasteiger partial charge in [0.15, 0.2) is 0 Å². The van der Waals surface area contributed by atoms with Crippen LogP contribution in [0.3, 0.4) is 0 Å². The van der Waals surface area contributed by atoms with Gasteiger partial charge in [-0.15, -0.1) is 0 Å². The van der Waals surface area contributed by atoms with Crippen molar-refractivity contribution in [1.82, 2.24) is 0 Å². The summed E-state index contributed by atoms with van der Waals surface area (Å²) >= 11 is 0. The molecule has 0 spiro atoms.